The van der Waals surface area contributed by atoms with Crippen molar-refractivity contribution in [3.8, 4) is 0 Å². The van der Waals surface area contributed by atoms with Crippen LogP contribution in [0, 0.1) is 5.92 Å². The smallest absolute Gasteiger partial charge is 0.246 e. The van der Waals surface area contributed by atoms with E-state index in [1.165, 1.54) is 0 Å². The average Bonchev–Trinajstić information content (AvgIpc) is 2.88. The van der Waals surface area contributed by atoms with E-state index in [9.17, 15) is 9.59 Å². The van der Waals surface area contributed by atoms with Gasteiger partial charge in [-0.2, -0.15) is 0 Å². The van der Waals surface area contributed by atoms with Gasteiger partial charge in [0.05, 0.1) is 5.37 Å². The fourth-order valence-corrected chi connectivity index (χ4v) is 4.59. The second-order valence-electron chi connectivity index (χ2n) is 6.41. The summed E-state index contributed by atoms with van der Waals surface area (Å²) in [5.41, 5.74) is 0. The highest BCUT2D eigenvalue weighted by atomic mass is 32.2. The fourth-order valence-electron chi connectivity index (χ4n) is 2.94. The zero-order chi connectivity index (χ0) is 16.7. The van der Waals surface area contributed by atoms with Crippen molar-refractivity contribution in [2.45, 2.75) is 71.7 Å². The van der Waals surface area contributed by atoms with E-state index < -0.39 is 0 Å². The van der Waals surface area contributed by atoms with Crippen molar-refractivity contribution < 1.29 is 9.59 Å². The van der Waals surface area contributed by atoms with Crippen molar-refractivity contribution in [1.29, 1.82) is 0 Å². The van der Waals surface area contributed by atoms with Crippen molar-refractivity contribution in [1.82, 2.24) is 9.80 Å². The molecule has 1 aliphatic heterocycles. The maximum atomic E-state index is 12.9. The molecule has 2 amide bonds. The molecule has 0 saturated carbocycles. The number of hydrogen-bond acceptors (Lipinski definition) is 3. The SMILES string of the molecule is CCCN(CCC)C(=O)C1CSC(CC(C)C)N1C(=O)CC. The van der Waals surface area contributed by atoms with Gasteiger partial charge in [0.1, 0.15) is 6.04 Å². The van der Waals surface area contributed by atoms with Crippen LogP contribution in [0.15, 0.2) is 0 Å². The van der Waals surface area contributed by atoms with Gasteiger partial charge in [0.2, 0.25) is 11.8 Å². The normalized spacial score (nSPS) is 21.5. The summed E-state index contributed by atoms with van der Waals surface area (Å²) in [6, 6.07) is -0.265. The van der Waals surface area contributed by atoms with Gasteiger partial charge >= 0.3 is 0 Å². The quantitative estimate of drug-likeness (QED) is 0.686. The molecule has 0 aromatic carbocycles. The van der Waals surface area contributed by atoms with Crippen LogP contribution in [0.25, 0.3) is 0 Å². The van der Waals surface area contributed by atoms with E-state index in [0.29, 0.717) is 12.3 Å². The molecule has 128 valence electrons. The van der Waals surface area contributed by atoms with Gasteiger partial charge in [0.25, 0.3) is 0 Å². The van der Waals surface area contributed by atoms with Gasteiger partial charge in [0.15, 0.2) is 0 Å². The fraction of sp³-hybridized carbons (Fsp3) is 0.882. The Labute approximate surface area is 140 Å². The lowest BCUT2D eigenvalue weighted by Gasteiger charge is -2.33. The van der Waals surface area contributed by atoms with Crippen LogP contribution in [-0.2, 0) is 9.59 Å². The highest BCUT2D eigenvalue weighted by Crippen LogP contribution is 2.34. The van der Waals surface area contributed by atoms with E-state index in [2.05, 4.69) is 27.7 Å². The maximum Gasteiger partial charge on any atom is 0.246 e. The van der Waals surface area contributed by atoms with Crippen LogP contribution >= 0.6 is 11.8 Å². The van der Waals surface area contributed by atoms with Gasteiger partial charge in [-0.15, -0.1) is 11.8 Å². The van der Waals surface area contributed by atoms with Crippen LogP contribution in [0.2, 0.25) is 0 Å². The van der Waals surface area contributed by atoms with Crippen molar-refractivity contribution in [3.05, 3.63) is 0 Å². The predicted octanol–water partition coefficient (Wildman–Crippen LogP) is 3.36. The van der Waals surface area contributed by atoms with Crippen LogP contribution < -0.4 is 0 Å². The van der Waals surface area contributed by atoms with Gasteiger partial charge in [-0.05, 0) is 25.2 Å². The standard InChI is InChI=1S/C17H32N2O2S/c1-6-9-18(10-7-2)17(21)14-12-22-16(11-13(4)5)19(14)15(20)8-3/h13-14,16H,6-12H2,1-5H3. The summed E-state index contributed by atoms with van der Waals surface area (Å²) >= 11 is 1.77. The highest BCUT2D eigenvalue weighted by molar-refractivity contribution is 8.00. The van der Waals surface area contributed by atoms with Gasteiger partial charge in [-0.1, -0.05) is 34.6 Å². The molecule has 1 rings (SSSR count). The minimum Gasteiger partial charge on any atom is -0.341 e. The van der Waals surface area contributed by atoms with Gasteiger partial charge in [-0.25, -0.2) is 0 Å². The Morgan fingerprint density at radius 3 is 2.23 bits per heavy atom. The Morgan fingerprint density at radius 1 is 1.18 bits per heavy atom. The minimum atomic E-state index is -0.265. The predicted molar refractivity (Wildman–Crippen MR) is 93.8 cm³/mol. The van der Waals surface area contributed by atoms with Crippen LogP contribution in [0.3, 0.4) is 0 Å². The summed E-state index contributed by atoms with van der Waals surface area (Å²) in [5, 5.41) is 0.159. The second kappa shape index (κ2) is 9.43. The van der Waals surface area contributed by atoms with Crippen molar-refractivity contribution in [2.75, 3.05) is 18.8 Å². The number of rotatable bonds is 8. The van der Waals surface area contributed by atoms with Gasteiger partial charge in [-0.3, -0.25) is 9.59 Å². The number of hydrogen-bond donors (Lipinski definition) is 0. The molecule has 1 heterocycles. The Bertz CT molecular complexity index is 368. The first-order chi connectivity index (χ1) is 10.5. The van der Waals surface area contributed by atoms with E-state index in [1.54, 1.807) is 11.8 Å². The third-order valence-corrected chi connectivity index (χ3v) is 5.25. The van der Waals surface area contributed by atoms with Crippen LogP contribution in [-0.4, -0.2) is 51.9 Å². The lowest BCUT2D eigenvalue weighted by molar-refractivity contribution is -0.145. The first-order valence-corrected chi connectivity index (χ1v) is 9.72. The maximum absolute atomic E-state index is 12.9. The molecule has 2 unspecified atom stereocenters. The first kappa shape index (κ1) is 19.3. The molecule has 0 aliphatic carbocycles. The lowest BCUT2D eigenvalue weighted by atomic mass is 10.1. The first-order valence-electron chi connectivity index (χ1n) is 8.67. The highest BCUT2D eigenvalue weighted by Gasteiger charge is 2.42. The van der Waals surface area contributed by atoms with E-state index in [1.807, 2.05) is 16.7 Å². The molecule has 0 aromatic rings. The summed E-state index contributed by atoms with van der Waals surface area (Å²) in [5.74, 6) is 1.53. The third-order valence-electron chi connectivity index (χ3n) is 3.94. The van der Waals surface area contributed by atoms with Gasteiger partial charge in [0, 0.05) is 25.3 Å². The molecule has 1 fully saturated rings. The molecule has 1 saturated heterocycles. The summed E-state index contributed by atoms with van der Waals surface area (Å²) < 4.78 is 0. The van der Waals surface area contributed by atoms with Gasteiger partial charge < -0.3 is 9.80 Å². The van der Waals surface area contributed by atoms with Crippen molar-refractivity contribution in [2.24, 2.45) is 5.92 Å². The summed E-state index contributed by atoms with van der Waals surface area (Å²) in [7, 11) is 0. The molecule has 4 nitrogen and oxygen atoms in total. The molecule has 5 heteroatoms. The number of carbonyl (C=O) groups is 2. The Balaban J connectivity index is 2.90. The Hall–Kier alpha value is -0.710. The molecular formula is C17H32N2O2S. The molecule has 0 radical (unpaired) electrons. The van der Waals surface area contributed by atoms with Crippen LogP contribution in [0.1, 0.15) is 60.3 Å². The summed E-state index contributed by atoms with van der Waals surface area (Å²) in [6.45, 7) is 12.0. The van der Waals surface area contributed by atoms with Crippen molar-refractivity contribution >= 4 is 23.6 Å². The molecule has 2 atom stereocenters. The topological polar surface area (TPSA) is 40.6 Å². The molecule has 0 aromatic heterocycles. The number of carbonyl (C=O) groups excluding carboxylic acids is 2. The second-order valence-corrected chi connectivity index (χ2v) is 7.62. The zero-order valence-electron chi connectivity index (χ0n) is 14.8. The van der Waals surface area contributed by atoms with E-state index in [-0.39, 0.29) is 23.2 Å². The van der Waals surface area contributed by atoms with E-state index in [0.717, 1.165) is 38.1 Å². The number of amides is 2. The average molecular weight is 329 g/mol. The van der Waals surface area contributed by atoms with Crippen molar-refractivity contribution in [3.63, 3.8) is 0 Å². The molecule has 0 N–H and O–H groups in total. The third kappa shape index (κ3) is 4.90. The summed E-state index contributed by atoms with van der Waals surface area (Å²) in [4.78, 5) is 29.1. The number of nitrogens with zero attached hydrogens (tertiary/aromatic N) is 2. The molecule has 1 aliphatic rings. The molecule has 0 spiro atoms. The molecular weight excluding hydrogens is 296 g/mol. The Kier molecular flexibility index (Phi) is 8.29. The monoisotopic (exact) mass is 328 g/mol. The molecule has 22 heavy (non-hydrogen) atoms. The van der Waals surface area contributed by atoms with E-state index >= 15 is 0 Å². The zero-order valence-corrected chi connectivity index (χ0v) is 15.6. The lowest BCUT2D eigenvalue weighted by Crippen LogP contribution is -2.51. The number of thioether (sulfide) groups is 1. The summed E-state index contributed by atoms with van der Waals surface area (Å²) in [6.07, 6.45) is 3.35. The molecule has 0 bridgehead atoms. The Morgan fingerprint density at radius 2 is 1.77 bits per heavy atom. The van der Waals surface area contributed by atoms with Crippen LogP contribution in [0.4, 0.5) is 0 Å². The largest absolute Gasteiger partial charge is 0.341 e. The van der Waals surface area contributed by atoms with Crippen LogP contribution in [0.5, 0.6) is 0 Å². The minimum absolute atomic E-state index is 0.113. The van der Waals surface area contributed by atoms with E-state index in [4.69, 9.17) is 0 Å².